The lowest BCUT2D eigenvalue weighted by atomic mass is 9.96. The van der Waals surface area contributed by atoms with E-state index in [4.69, 9.17) is 4.74 Å². The highest BCUT2D eigenvalue weighted by Gasteiger charge is 2.31. The van der Waals surface area contributed by atoms with Crippen LogP contribution >= 0.6 is 0 Å². The van der Waals surface area contributed by atoms with E-state index in [0.717, 1.165) is 45.3 Å². The van der Waals surface area contributed by atoms with E-state index in [1.54, 1.807) is 0 Å². The second kappa shape index (κ2) is 5.64. The first-order valence-electron chi connectivity index (χ1n) is 6.32. The number of piperidine rings is 1. The van der Waals surface area contributed by atoms with Crippen molar-refractivity contribution in [3.8, 4) is 0 Å². The molecule has 1 N–H and O–H groups in total. The number of carbonyl (C=O) groups excluding carboxylic acids is 1. The van der Waals surface area contributed by atoms with Crippen molar-refractivity contribution in [1.82, 2.24) is 4.90 Å². The molecular weight excluding hydrogens is 206 g/mol. The molecular formula is C12H21NO3. The summed E-state index contributed by atoms with van der Waals surface area (Å²) in [5, 5.41) is 9.28. The van der Waals surface area contributed by atoms with Gasteiger partial charge in [0.1, 0.15) is 0 Å². The van der Waals surface area contributed by atoms with Gasteiger partial charge in [-0.3, -0.25) is 4.79 Å². The quantitative estimate of drug-likeness (QED) is 0.758. The Bertz CT molecular complexity index is 238. The van der Waals surface area contributed by atoms with Crippen LogP contribution in [0.2, 0.25) is 0 Å². The van der Waals surface area contributed by atoms with Crippen molar-refractivity contribution in [2.24, 2.45) is 5.92 Å². The molecule has 4 heteroatoms. The second-order valence-corrected chi connectivity index (χ2v) is 4.78. The summed E-state index contributed by atoms with van der Waals surface area (Å²) in [7, 11) is 0. The summed E-state index contributed by atoms with van der Waals surface area (Å²) in [6.07, 6.45) is 5.04. The van der Waals surface area contributed by atoms with Crippen LogP contribution in [0.4, 0.5) is 0 Å². The largest absolute Gasteiger partial charge is 0.394 e. The Labute approximate surface area is 96.6 Å². The van der Waals surface area contributed by atoms with Crippen molar-refractivity contribution in [3.63, 3.8) is 0 Å². The minimum atomic E-state index is 0.0286. The number of carbonyl (C=O) groups is 1. The van der Waals surface area contributed by atoms with Crippen LogP contribution in [0, 0.1) is 5.92 Å². The minimum absolute atomic E-state index is 0.0286. The van der Waals surface area contributed by atoms with Crippen molar-refractivity contribution >= 4 is 5.91 Å². The van der Waals surface area contributed by atoms with Gasteiger partial charge in [0.2, 0.25) is 5.91 Å². The maximum atomic E-state index is 12.3. The molecule has 2 fully saturated rings. The lowest BCUT2D eigenvalue weighted by molar-refractivity contribution is -0.144. The first-order valence-corrected chi connectivity index (χ1v) is 6.32. The van der Waals surface area contributed by atoms with Gasteiger partial charge in [-0.15, -0.1) is 0 Å². The molecule has 0 aliphatic carbocycles. The SMILES string of the molecule is O=C(C1CCCOC1)N1CCCCC1CO. The van der Waals surface area contributed by atoms with E-state index in [-0.39, 0.29) is 24.5 Å². The zero-order valence-corrected chi connectivity index (χ0v) is 9.73. The predicted octanol–water partition coefficient (Wildman–Crippen LogP) is 0.786. The number of hydrogen-bond donors (Lipinski definition) is 1. The standard InChI is InChI=1S/C12H21NO3/c14-8-11-5-1-2-6-13(11)12(15)10-4-3-7-16-9-10/h10-11,14H,1-9H2. The number of ether oxygens (including phenoxy) is 1. The predicted molar refractivity (Wildman–Crippen MR) is 60.0 cm³/mol. The van der Waals surface area contributed by atoms with Crippen molar-refractivity contribution in [3.05, 3.63) is 0 Å². The Kier molecular flexibility index (Phi) is 4.18. The third kappa shape index (κ3) is 2.55. The van der Waals surface area contributed by atoms with Gasteiger partial charge < -0.3 is 14.7 Å². The molecule has 2 saturated heterocycles. The smallest absolute Gasteiger partial charge is 0.228 e. The average Bonchev–Trinajstić information content (AvgIpc) is 2.39. The summed E-state index contributed by atoms with van der Waals surface area (Å²) in [6, 6.07) is 0.0446. The fourth-order valence-corrected chi connectivity index (χ4v) is 2.65. The highest BCUT2D eigenvalue weighted by molar-refractivity contribution is 5.79. The fraction of sp³-hybridized carbons (Fsp3) is 0.917. The average molecular weight is 227 g/mol. The molecule has 0 aromatic heterocycles. The molecule has 0 spiro atoms. The Hall–Kier alpha value is -0.610. The summed E-state index contributed by atoms with van der Waals surface area (Å²) in [6.45, 7) is 2.25. The second-order valence-electron chi connectivity index (χ2n) is 4.78. The molecule has 0 saturated carbocycles. The topological polar surface area (TPSA) is 49.8 Å². The minimum Gasteiger partial charge on any atom is -0.394 e. The van der Waals surface area contributed by atoms with Crippen molar-refractivity contribution in [2.75, 3.05) is 26.4 Å². The summed E-state index contributed by atoms with van der Waals surface area (Å²) in [5.41, 5.74) is 0. The van der Waals surface area contributed by atoms with E-state index < -0.39 is 0 Å². The summed E-state index contributed by atoms with van der Waals surface area (Å²) in [4.78, 5) is 14.1. The highest BCUT2D eigenvalue weighted by Crippen LogP contribution is 2.22. The number of nitrogens with zero attached hydrogens (tertiary/aromatic N) is 1. The first-order chi connectivity index (χ1) is 7.83. The van der Waals surface area contributed by atoms with Gasteiger partial charge in [0.05, 0.1) is 25.2 Å². The zero-order chi connectivity index (χ0) is 11.4. The van der Waals surface area contributed by atoms with E-state index in [2.05, 4.69) is 0 Å². The molecule has 2 unspecified atom stereocenters. The number of amides is 1. The summed E-state index contributed by atoms with van der Waals surface area (Å²) in [5.74, 6) is 0.222. The Balaban J connectivity index is 1.95. The van der Waals surface area contributed by atoms with Crippen LogP contribution in [-0.2, 0) is 9.53 Å². The Morgan fingerprint density at radius 1 is 1.31 bits per heavy atom. The lowest BCUT2D eigenvalue weighted by Gasteiger charge is -2.37. The van der Waals surface area contributed by atoms with E-state index in [1.165, 1.54) is 0 Å². The molecule has 2 aliphatic heterocycles. The zero-order valence-electron chi connectivity index (χ0n) is 9.73. The van der Waals surface area contributed by atoms with Gasteiger partial charge in [0.25, 0.3) is 0 Å². The molecule has 2 heterocycles. The maximum Gasteiger partial charge on any atom is 0.228 e. The van der Waals surface area contributed by atoms with Gasteiger partial charge in [0.15, 0.2) is 0 Å². The molecule has 1 amide bonds. The van der Waals surface area contributed by atoms with Gasteiger partial charge in [-0.1, -0.05) is 0 Å². The van der Waals surface area contributed by atoms with Gasteiger partial charge in [0, 0.05) is 13.2 Å². The maximum absolute atomic E-state index is 12.3. The molecule has 2 rings (SSSR count). The van der Waals surface area contributed by atoms with Gasteiger partial charge in [-0.2, -0.15) is 0 Å². The third-order valence-corrected chi connectivity index (χ3v) is 3.63. The monoisotopic (exact) mass is 227 g/mol. The Morgan fingerprint density at radius 2 is 2.19 bits per heavy atom. The summed E-state index contributed by atoms with van der Waals surface area (Å²) < 4.78 is 5.35. The van der Waals surface area contributed by atoms with Crippen LogP contribution in [0.25, 0.3) is 0 Å². The Morgan fingerprint density at radius 3 is 2.88 bits per heavy atom. The molecule has 4 nitrogen and oxygen atoms in total. The van der Waals surface area contributed by atoms with Crippen LogP contribution in [0.1, 0.15) is 32.1 Å². The number of aliphatic hydroxyl groups is 1. The van der Waals surface area contributed by atoms with Crippen molar-refractivity contribution in [2.45, 2.75) is 38.1 Å². The normalized spacial score (nSPS) is 31.4. The highest BCUT2D eigenvalue weighted by atomic mass is 16.5. The molecule has 2 atom stereocenters. The van der Waals surface area contributed by atoms with Gasteiger partial charge in [-0.25, -0.2) is 0 Å². The van der Waals surface area contributed by atoms with E-state index >= 15 is 0 Å². The molecule has 0 aromatic carbocycles. The van der Waals surface area contributed by atoms with Crippen molar-refractivity contribution in [1.29, 1.82) is 0 Å². The van der Waals surface area contributed by atoms with E-state index in [1.807, 2.05) is 4.90 Å². The van der Waals surface area contributed by atoms with Gasteiger partial charge >= 0.3 is 0 Å². The molecule has 0 bridgehead atoms. The van der Waals surface area contributed by atoms with Crippen molar-refractivity contribution < 1.29 is 14.6 Å². The number of hydrogen-bond acceptors (Lipinski definition) is 3. The lowest BCUT2D eigenvalue weighted by Crippen LogP contribution is -2.49. The molecule has 92 valence electrons. The van der Waals surface area contributed by atoms with Crippen LogP contribution in [-0.4, -0.2) is 48.3 Å². The molecule has 2 aliphatic rings. The van der Waals surface area contributed by atoms with E-state index in [0.29, 0.717) is 6.61 Å². The molecule has 16 heavy (non-hydrogen) atoms. The fourth-order valence-electron chi connectivity index (χ4n) is 2.65. The molecule has 0 radical (unpaired) electrons. The number of likely N-dealkylation sites (tertiary alicyclic amines) is 1. The molecule has 0 aromatic rings. The van der Waals surface area contributed by atoms with Gasteiger partial charge in [-0.05, 0) is 32.1 Å². The number of aliphatic hydroxyl groups excluding tert-OH is 1. The van der Waals surface area contributed by atoms with Crippen LogP contribution in [0.15, 0.2) is 0 Å². The van der Waals surface area contributed by atoms with E-state index in [9.17, 15) is 9.90 Å². The van der Waals surface area contributed by atoms with Crippen LogP contribution in [0.5, 0.6) is 0 Å². The van der Waals surface area contributed by atoms with Crippen LogP contribution < -0.4 is 0 Å². The third-order valence-electron chi connectivity index (χ3n) is 3.63. The summed E-state index contributed by atoms with van der Waals surface area (Å²) >= 11 is 0. The number of rotatable bonds is 2. The first kappa shape index (κ1) is 11.9. The van der Waals surface area contributed by atoms with Crippen LogP contribution in [0.3, 0.4) is 0 Å².